The topological polar surface area (TPSA) is 0 Å². The lowest BCUT2D eigenvalue weighted by Gasteiger charge is -2.07. The van der Waals surface area contributed by atoms with Crippen LogP contribution < -0.4 is 0 Å². The molecule has 0 radical (unpaired) electrons. The van der Waals surface area contributed by atoms with Gasteiger partial charge in [0.05, 0.1) is 0 Å². The van der Waals surface area contributed by atoms with Crippen LogP contribution in [0.1, 0.15) is 38.7 Å². The molecule has 0 aromatic heterocycles. The van der Waals surface area contributed by atoms with Crippen molar-refractivity contribution in [1.29, 1.82) is 0 Å². The van der Waals surface area contributed by atoms with Crippen LogP contribution in [0.3, 0.4) is 0 Å². The van der Waals surface area contributed by atoms with E-state index < -0.39 is 0 Å². The summed E-state index contributed by atoms with van der Waals surface area (Å²) in [4.78, 5) is 1.35. The standard InChI is InChI=1S/C13H16S.C7H7F.C2H6/c1-14-13-8-4-7-12(9-10-13)11-5-2-3-6-11;1-6-2-4-7(8)5-3-6;1-2/h4-5,7-10,12H,2-3,6H2,1H3;2-5H,1H3;1-2H3. The van der Waals surface area contributed by atoms with Crippen molar-refractivity contribution in [1.82, 2.24) is 0 Å². The molecular formula is C22H29FS. The summed E-state index contributed by atoms with van der Waals surface area (Å²) < 4.78 is 12.1. The van der Waals surface area contributed by atoms with Gasteiger partial charge in [0.15, 0.2) is 0 Å². The Kier molecular flexibility index (Phi) is 10.2. The molecule has 0 N–H and O–H groups in total. The Morgan fingerprint density at radius 1 is 1.08 bits per heavy atom. The number of allylic oxidation sites excluding steroid dienone is 7. The Hall–Kier alpha value is -1.54. The number of rotatable bonds is 2. The molecule has 1 aromatic carbocycles. The van der Waals surface area contributed by atoms with Gasteiger partial charge in [-0.05, 0) is 50.7 Å². The molecule has 2 aliphatic rings. The average Bonchev–Trinajstić information content (AvgIpc) is 3.05. The van der Waals surface area contributed by atoms with Crippen LogP contribution in [0.15, 0.2) is 71.2 Å². The van der Waals surface area contributed by atoms with Crippen molar-refractivity contribution in [2.24, 2.45) is 5.92 Å². The van der Waals surface area contributed by atoms with Crippen molar-refractivity contribution >= 4 is 11.8 Å². The van der Waals surface area contributed by atoms with Gasteiger partial charge in [0.25, 0.3) is 0 Å². The van der Waals surface area contributed by atoms with Gasteiger partial charge < -0.3 is 0 Å². The van der Waals surface area contributed by atoms with Gasteiger partial charge >= 0.3 is 0 Å². The van der Waals surface area contributed by atoms with Gasteiger partial charge in [-0.1, -0.05) is 67.5 Å². The molecule has 0 amide bonds. The lowest BCUT2D eigenvalue weighted by Crippen LogP contribution is -1.93. The van der Waals surface area contributed by atoms with E-state index in [1.54, 1.807) is 17.7 Å². The zero-order valence-electron chi connectivity index (χ0n) is 15.3. The summed E-state index contributed by atoms with van der Waals surface area (Å²) in [6.07, 6.45) is 19.7. The Bertz CT molecular complexity index is 570. The Morgan fingerprint density at radius 2 is 1.79 bits per heavy atom. The molecule has 3 rings (SSSR count). The van der Waals surface area contributed by atoms with E-state index in [1.165, 1.54) is 36.3 Å². The maximum Gasteiger partial charge on any atom is 0.123 e. The predicted molar refractivity (Wildman–Crippen MR) is 108 cm³/mol. The molecular weight excluding hydrogens is 315 g/mol. The minimum Gasteiger partial charge on any atom is -0.207 e. The molecule has 0 heterocycles. The Balaban J connectivity index is 0.000000245. The fraction of sp³-hybridized carbons (Fsp3) is 0.364. The normalized spacial score (nSPS) is 18.5. The zero-order chi connectivity index (χ0) is 17.8. The second kappa shape index (κ2) is 11.9. The van der Waals surface area contributed by atoms with Crippen molar-refractivity contribution < 1.29 is 4.39 Å². The van der Waals surface area contributed by atoms with Gasteiger partial charge in [-0.15, -0.1) is 11.8 Å². The molecule has 1 unspecified atom stereocenters. The summed E-state index contributed by atoms with van der Waals surface area (Å²) in [7, 11) is 0. The third kappa shape index (κ3) is 7.35. The van der Waals surface area contributed by atoms with Crippen LogP contribution >= 0.6 is 11.8 Å². The maximum atomic E-state index is 12.1. The maximum absolute atomic E-state index is 12.1. The van der Waals surface area contributed by atoms with Crippen LogP contribution in [0.2, 0.25) is 0 Å². The van der Waals surface area contributed by atoms with Crippen molar-refractivity contribution in [2.45, 2.75) is 40.0 Å². The van der Waals surface area contributed by atoms with Gasteiger partial charge in [-0.3, -0.25) is 0 Å². The number of hydrogen-bond acceptors (Lipinski definition) is 1. The van der Waals surface area contributed by atoms with Gasteiger partial charge in [0.1, 0.15) is 5.82 Å². The summed E-state index contributed by atoms with van der Waals surface area (Å²) >= 11 is 1.81. The summed E-state index contributed by atoms with van der Waals surface area (Å²) in [5, 5.41) is 0. The number of hydrogen-bond donors (Lipinski definition) is 0. The molecule has 0 nitrogen and oxygen atoms in total. The third-order valence-electron chi connectivity index (χ3n) is 3.80. The average molecular weight is 345 g/mol. The molecule has 0 saturated heterocycles. The smallest absolute Gasteiger partial charge is 0.123 e. The van der Waals surface area contributed by atoms with E-state index in [9.17, 15) is 4.39 Å². The van der Waals surface area contributed by atoms with E-state index in [-0.39, 0.29) is 5.82 Å². The lowest BCUT2D eigenvalue weighted by atomic mass is 9.98. The number of halogens is 1. The van der Waals surface area contributed by atoms with E-state index >= 15 is 0 Å². The molecule has 2 heteroatoms. The van der Waals surface area contributed by atoms with Crippen LogP contribution in [-0.4, -0.2) is 6.26 Å². The number of aryl methyl sites for hydroxylation is 1. The zero-order valence-corrected chi connectivity index (χ0v) is 16.1. The van der Waals surface area contributed by atoms with Gasteiger partial charge in [0, 0.05) is 10.8 Å². The lowest BCUT2D eigenvalue weighted by molar-refractivity contribution is 0.627. The first-order valence-corrected chi connectivity index (χ1v) is 9.93. The summed E-state index contributed by atoms with van der Waals surface area (Å²) in [6.45, 7) is 5.93. The SMILES string of the molecule is CC.CSC1=CC=CC(C2=CCCC2)C=C1.Cc1ccc(F)cc1. The molecule has 0 spiro atoms. The molecule has 1 aromatic rings. The highest BCUT2D eigenvalue weighted by Gasteiger charge is 2.12. The second-order valence-electron chi connectivity index (χ2n) is 5.51. The van der Waals surface area contributed by atoms with Crippen LogP contribution in [0.5, 0.6) is 0 Å². The van der Waals surface area contributed by atoms with E-state index in [0.29, 0.717) is 5.92 Å². The molecule has 0 aliphatic heterocycles. The van der Waals surface area contributed by atoms with Crippen LogP contribution in [0, 0.1) is 18.7 Å². The highest BCUT2D eigenvalue weighted by Crippen LogP contribution is 2.29. The second-order valence-corrected chi connectivity index (χ2v) is 6.39. The molecule has 130 valence electrons. The third-order valence-corrected chi connectivity index (χ3v) is 4.54. The van der Waals surface area contributed by atoms with Crippen LogP contribution in [0.25, 0.3) is 0 Å². The Labute approximate surface area is 151 Å². The molecule has 0 fully saturated rings. The predicted octanol–water partition coefficient (Wildman–Crippen LogP) is 7.25. The van der Waals surface area contributed by atoms with E-state index in [1.807, 2.05) is 32.5 Å². The van der Waals surface area contributed by atoms with E-state index in [2.05, 4.69) is 42.7 Å². The Morgan fingerprint density at radius 3 is 2.33 bits per heavy atom. The quantitative estimate of drug-likeness (QED) is 0.509. The van der Waals surface area contributed by atoms with Crippen LogP contribution in [-0.2, 0) is 0 Å². The fourth-order valence-electron chi connectivity index (χ4n) is 2.50. The monoisotopic (exact) mass is 344 g/mol. The van der Waals surface area contributed by atoms with Gasteiger partial charge in [-0.25, -0.2) is 4.39 Å². The van der Waals surface area contributed by atoms with Crippen molar-refractivity contribution in [3.8, 4) is 0 Å². The number of benzene rings is 1. The van der Waals surface area contributed by atoms with E-state index in [0.717, 1.165) is 5.56 Å². The molecule has 1 atom stereocenters. The van der Waals surface area contributed by atoms with Gasteiger partial charge in [0.2, 0.25) is 0 Å². The first kappa shape index (κ1) is 20.5. The highest BCUT2D eigenvalue weighted by molar-refractivity contribution is 8.02. The fourth-order valence-corrected chi connectivity index (χ4v) is 2.93. The first-order chi connectivity index (χ1) is 11.7. The summed E-state index contributed by atoms with van der Waals surface area (Å²) in [5.74, 6) is 0.383. The van der Waals surface area contributed by atoms with Crippen molar-refractivity contribution in [2.75, 3.05) is 6.26 Å². The van der Waals surface area contributed by atoms with Gasteiger partial charge in [-0.2, -0.15) is 0 Å². The molecule has 0 saturated carbocycles. The highest BCUT2D eigenvalue weighted by atomic mass is 32.2. The van der Waals surface area contributed by atoms with E-state index in [4.69, 9.17) is 0 Å². The minimum absolute atomic E-state index is 0.171. The van der Waals surface area contributed by atoms with Crippen molar-refractivity contribution in [3.05, 3.63) is 82.6 Å². The van der Waals surface area contributed by atoms with Crippen molar-refractivity contribution in [3.63, 3.8) is 0 Å². The largest absolute Gasteiger partial charge is 0.207 e. The molecule has 2 aliphatic carbocycles. The minimum atomic E-state index is -0.171. The summed E-state index contributed by atoms with van der Waals surface area (Å²) in [6, 6.07) is 6.40. The first-order valence-electron chi connectivity index (χ1n) is 8.71. The number of thioether (sulfide) groups is 1. The molecule has 0 bridgehead atoms. The summed E-state index contributed by atoms with van der Waals surface area (Å²) in [5.41, 5.74) is 2.69. The van der Waals surface area contributed by atoms with Crippen LogP contribution in [0.4, 0.5) is 4.39 Å². The molecule has 24 heavy (non-hydrogen) atoms.